The van der Waals surface area contributed by atoms with Crippen LogP contribution in [-0.4, -0.2) is 38.7 Å². The molecule has 0 saturated carbocycles. The van der Waals surface area contributed by atoms with E-state index in [1.165, 1.54) is 0 Å². The number of rotatable bonds is 7. The van der Waals surface area contributed by atoms with Crippen molar-refractivity contribution in [2.45, 2.75) is 45.7 Å². The van der Waals surface area contributed by atoms with Gasteiger partial charge in [0.1, 0.15) is 5.15 Å². The summed E-state index contributed by atoms with van der Waals surface area (Å²) in [6.07, 6.45) is 7.34. The number of hydrogen-bond donors (Lipinski definition) is 1. The molecule has 0 radical (unpaired) electrons. The van der Waals surface area contributed by atoms with E-state index in [1.54, 1.807) is 17.1 Å². The molecule has 0 unspecified atom stereocenters. The average Bonchev–Trinajstić information content (AvgIpc) is 2.92. The summed E-state index contributed by atoms with van der Waals surface area (Å²) in [4.78, 5) is 18.6. The molecule has 0 bridgehead atoms. The second-order valence-electron chi connectivity index (χ2n) is 7.37. The van der Waals surface area contributed by atoms with Crippen molar-refractivity contribution >= 4 is 17.5 Å². The third-order valence-corrected chi connectivity index (χ3v) is 5.82. The molecule has 0 aliphatic carbocycles. The topological polar surface area (TPSA) is 63.1 Å². The van der Waals surface area contributed by atoms with Crippen molar-refractivity contribution in [2.75, 3.05) is 13.1 Å². The Bertz CT molecular complexity index is 753. The SMILES string of the molecule is Cc1nn(C)c(Cl)c1CN1CCC(CCC(=O)NCc2cccnc2)CC1. The molecule has 1 saturated heterocycles. The lowest BCUT2D eigenvalue weighted by molar-refractivity contribution is -0.121. The Kier molecular flexibility index (Phi) is 6.85. The first kappa shape index (κ1) is 19.8. The molecule has 2 aromatic heterocycles. The van der Waals surface area contributed by atoms with E-state index in [9.17, 15) is 4.79 Å². The van der Waals surface area contributed by atoms with Crippen LogP contribution in [0.5, 0.6) is 0 Å². The van der Waals surface area contributed by atoms with Crippen LogP contribution in [0.25, 0.3) is 0 Å². The summed E-state index contributed by atoms with van der Waals surface area (Å²) >= 11 is 6.35. The van der Waals surface area contributed by atoms with Gasteiger partial charge >= 0.3 is 0 Å². The van der Waals surface area contributed by atoms with Gasteiger partial charge in [-0.2, -0.15) is 5.10 Å². The maximum absolute atomic E-state index is 12.1. The van der Waals surface area contributed by atoms with Crippen LogP contribution in [0, 0.1) is 12.8 Å². The summed E-state index contributed by atoms with van der Waals surface area (Å²) in [5.74, 6) is 0.745. The van der Waals surface area contributed by atoms with Gasteiger partial charge < -0.3 is 5.32 Å². The number of carbonyl (C=O) groups excluding carboxylic acids is 1. The van der Waals surface area contributed by atoms with E-state index in [-0.39, 0.29) is 5.91 Å². The molecule has 0 aromatic carbocycles. The lowest BCUT2D eigenvalue weighted by atomic mass is 9.92. The van der Waals surface area contributed by atoms with Gasteiger partial charge in [0, 0.05) is 44.5 Å². The molecule has 7 heteroatoms. The van der Waals surface area contributed by atoms with Crippen LogP contribution < -0.4 is 5.32 Å². The maximum Gasteiger partial charge on any atom is 0.220 e. The second kappa shape index (κ2) is 9.33. The van der Waals surface area contributed by atoms with Crippen LogP contribution in [0.3, 0.4) is 0 Å². The number of amides is 1. The lowest BCUT2D eigenvalue weighted by Gasteiger charge is -2.31. The number of nitrogens with one attached hydrogen (secondary N) is 1. The number of pyridine rings is 1. The Morgan fingerprint density at radius 1 is 1.37 bits per heavy atom. The molecule has 146 valence electrons. The average molecular weight is 390 g/mol. The first-order valence-corrected chi connectivity index (χ1v) is 9.96. The van der Waals surface area contributed by atoms with E-state index in [4.69, 9.17) is 11.6 Å². The molecule has 1 aliphatic rings. The highest BCUT2D eigenvalue weighted by molar-refractivity contribution is 6.30. The fourth-order valence-electron chi connectivity index (χ4n) is 3.64. The van der Waals surface area contributed by atoms with Crippen LogP contribution in [-0.2, 0) is 24.9 Å². The summed E-state index contributed by atoms with van der Waals surface area (Å²) in [5.41, 5.74) is 3.17. The van der Waals surface area contributed by atoms with E-state index < -0.39 is 0 Å². The van der Waals surface area contributed by atoms with Crippen molar-refractivity contribution in [1.82, 2.24) is 25.0 Å². The van der Waals surface area contributed by atoms with Crippen LogP contribution in [0.4, 0.5) is 0 Å². The molecular weight excluding hydrogens is 362 g/mol. The number of carbonyl (C=O) groups is 1. The predicted octanol–water partition coefficient (Wildman–Crippen LogP) is 3.09. The monoisotopic (exact) mass is 389 g/mol. The number of aromatic nitrogens is 3. The van der Waals surface area contributed by atoms with Gasteiger partial charge in [-0.05, 0) is 56.8 Å². The van der Waals surface area contributed by atoms with Crippen LogP contribution in [0.2, 0.25) is 5.15 Å². The number of piperidine rings is 1. The Balaban J connectivity index is 1.36. The van der Waals surface area contributed by atoms with Crippen molar-refractivity contribution < 1.29 is 4.79 Å². The molecule has 6 nitrogen and oxygen atoms in total. The van der Waals surface area contributed by atoms with Gasteiger partial charge in [0.2, 0.25) is 5.91 Å². The summed E-state index contributed by atoms with van der Waals surface area (Å²) in [6.45, 7) is 5.52. The first-order valence-electron chi connectivity index (χ1n) is 9.59. The minimum atomic E-state index is 0.124. The summed E-state index contributed by atoms with van der Waals surface area (Å²) < 4.78 is 1.74. The van der Waals surface area contributed by atoms with E-state index in [0.717, 1.165) is 60.9 Å². The normalized spacial score (nSPS) is 15.8. The first-order chi connectivity index (χ1) is 13.0. The minimum absolute atomic E-state index is 0.124. The van der Waals surface area contributed by atoms with Crippen molar-refractivity contribution in [1.29, 1.82) is 0 Å². The van der Waals surface area contributed by atoms with E-state index in [1.807, 2.05) is 26.1 Å². The summed E-state index contributed by atoms with van der Waals surface area (Å²) in [5, 5.41) is 8.11. The zero-order chi connectivity index (χ0) is 19.2. The zero-order valence-corrected chi connectivity index (χ0v) is 16.9. The molecular formula is C20H28ClN5O. The molecule has 2 aromatic rings. The Morgan fingerprint density at radius 3 is 2.78 bits per heavy atom. The highest BCUT2D eigenvalue weighted by Crippen LogP contribution is 2.26. The van der Waals surface area contributed by atoms with E-state index in [2.05, 4.69) is 20.3 Å². The van der Waals surface area contributed by atoms with Crippen molar-refractivity contribution in [3.63, 3.8) is 0 Å². The third kappa shape index (κ3) is 5.53. The predicted molar refractivity (Wildman–Crippen MR) is 106 cm³/mol. The standard InChI is InChI=1S/C20H28ClN5O/c1-15-18(20(21)25(2)24-15)14-26-10-7-16(8-11-26)5-6-19(27)23-13-17-4-3-9-22-12-17/h3-4,9,12,16H,5-8,10-11,13-14H2,1-2H3,(H,23,27). The third-order valence-electron chi connectivity index (χ3n) is 5.35. The fraction of sp³-hybridized carbons (Fsp3) is 0.550. The smallest absolute Gasteiger partial charge is 0.220 e. The molecule has 1 N–H and O–H groups in total. The fourth-order valence-corrected chi connectivity index (χ4v) is 3.87. The maximum atomic E-state index is 12.1. The highest BCUT2D eigenvalue weighted by atomic mass is 35.5. The van der Waals surface area contributed by atoms with Crippen molar-refractivity contribution in [2.24, 2.45) is 13.0 Å². The summed E-state index contributed by atoms with van der Waals surface area (Å²) in [6, 6.07) is 3.86. The van der Waals surface area contributed by atoms with Crippen molar-refractivity contribution in [3.05, 3.63) is 46.5 Å². The summed E-state index contributed by atoms with van der Waals surface area (Å²) in [7, 11) is 1.88. The molecule has 3 rings (SSSR count). The highest BCUT2D eigenvalue weighted by Gasteiger charge is 2.22. The number of hydrogen-bond acceptors (Lipinski definition) is 4. The van der Waals surface area contributed by atoms with E-state index in [0.29, 0.717) is 18.9 Å². The number of likely N-dealkylation sites (tertiary alicyclic amines) is 1. The lowest BCUT2D eigenvalue weighted by Crippen LogP contribution is -2.34. The molecule has 1 fully saturated rings. The van der Waals surface area contributed by atoms with Gasteiger partial charge in [-0.1, -0.05) is 17.7 Å². The Morgan fingerprint density at radius 2 is 2.15 bits per heavy atom. The van der Waals surface area contributed by atoms with Gasteiger partial charge in [-0.3, -0.25) is 19.4 Å². The van der Waals surface area contributed by atoms with Crippen LogP contribution >= 0.6 is 11.6 Å². The Hall–Kier alpha value is -1.92. The van der Waals surface area contributed by atoms with Gasteiger partial charge in [0.05, 0.1) is 5.69 Å². The number of halogens is 1. The minimum Gasteiger partial charge on any atom is -0.352 e. The van der Waals surface area contributed by atoms with Crippen molar-refractivity contribution in [3.8, 4) is 0 Å². The molecule has 0 spiro atoms. The van der Waals surface area contributed by atoms with Crippen LogP contribution in [0.1, 0.15) is 42.5 Å². The Labute approximate surface area is 165 Å². The second-order valence-corrected chi connectivity index (χ2v) is 7.73. The molecule has 27 heavy (non-hydrogen) atoms. The molecule has 1 aliphatic heterocycles. The van der Waals surface area contributed by atoms with Gasteiger partial charge in [-0.25, -0.2) is 0 Å². The molecule has 3 heterocycles. The zero-order valence-electron chi connectivity index (χ0n) is 16.1. The number of aryl methyl sites for hydroxylation is 2. The van der Waals surface area contributed by atoms with Gasteiger partial charge in [0.25, 0.3) is 0 Å². The molecule has 0 atom stereocenters. The van der Waals surface area contributed by atoms with Gasteiger partial charge in [0.15, 0.2) is 0 Å². The quantitative estimate of drug-likeness (QED) is 0.790. The van der Waals surface area contributed by atoms with Crippen LogP contribution in [0.15, 0.2) is 24.5 Å². The molecule has 1 amide bonds. The van der Waals surface area contributed by atoms with E-state index >= 15 is 0 Å². The van der Waals surface area contributed by atoms with Gasteiger partial charge in [-0.15, -0.1) is 0 Å². The number of nitrogens with zero attached hydrogens (tertiary/aromatic N) is 4. The largest absolute Gasteiger partial charge is 0.352 e.